The van der Waals surface area contributed by atoms with Gasteiger partial charge >= 0.3 is 5.97 Å². The maximum atomic E-state index is 11.5. The Labute approximate surface area is 121 Å². The molecule has 0 aromatic heterocycles. The summed E-state index contributed by atoms with van der Waals surface area (Å²) in [5.41, 5.74) is 1.12. The standard InChI is InChI=1S/C16H25NO3/c1-4-5-11-20-16(18)13-17(3)10-12-19-15-9-7-6-8-14(15)2/h6-9H,4-5,10-13H2,1-3H3. The van der Waals surface area contributed by atoms with Gasteiger partial charge in [0.15, 0.2) is 0 Å². The van der Waals surface area contributed by atoms with Gasteiger partial charge in [-0.05, 0) is 32.0 Å². The highest BCUT2D eigenvalue weighted by Crippen LogP contribution is 2.15. The van der Waals surface area contributed by atoms with Crippen LogP contribution in [0.25, 0.3) is 0 Å². The molecule has 0 aliphatic rings. The molecule has 20 heavy (non-hydrogen) atoms. The Morgan fingerprint density at radius 2 is 2.00 bits per heavy atom. The largest absolute Gasteiger partial charge is 0.492 e. The van der Waals surface area contributed by atoms with Crippen molar-refractivity contribution in [3.05, 3.63) is 29.8 Å². The molecule has 1 aromatic carbocycles. The molecule has 0 spiro atoms. The number of ether oxygens (including phenoxy) is 2. The maximum Gasteiger partial charge on any atom is 0.320 e. The summed E-state index contributed by atoms with van der Waals surface area (Å²) >= 11 is 0. The van der Waals surface area contributed by atoms with Gasteiger partial charge in [0, 0.05) is 6.54 Å². The molecule has 0 bridgehead atoms. The second kappa shape index (κ2) is 9.37. The van der Waals surface area contributed by atoms with E-state index in [1.165, 1.54) is 0 Å². The molecule has 1 aromatic rings. The second-order valence-electron chi connectivity index (χ2n) is 4.93. The highest BCUT2D eigenvalue weighted by Gasteiger charge is 2.07. The van der Waals surface area contributed by atoms with E-state index in [4.69, 9.17) is 9.47 Å². The minimum atomic E-state index is -0.170. The van der Waals surface area contributed by atoms with Crippen molar-refractivity contribution in [1.29, 1.82) is 0 Å². The first-order valence-electron chi connectivity index (χ1n) is 7.16. The van der Waals surface area contributed by atoms with E-state index in [2.05, 4.69) is 6.92 Å². The van der Waals surface area contributed by atoms with Crippen LogP contribution in [0.2, 0.25) is 0 Å². The zero-order valence-corrected chi connectivity index (χ0v) is 12.7. The first kappa shape index (κ1) is 16.5. The topological polar surface area (TPSA) is 38.8 Å². The SMILES string of the molecule is CCCCOC(=O)CN(C)CCOc1ccccc1C. The van der Waals surface area contributed by atoms with Gasteiger partial charge in [0.1, 0.15) is 12.4 Å². The van der Waals surface area contributed by atoms with Crippen LogP contribution in [0.3, 0.4) is 0 Å². The zero-order chi connectivity index (χ0) is 14.8. The van der Waals surface area contributed by atoms with E-state index in [1.807, 2.05) is 43.1 Å². The van der Waals surface area contributed by atoms with Crippen LogP contribution in [0.1, 0.15) is 25.3 Å². The quantitative estimate of drug-likeness (QED) is 0.514. The molecule has 0 aliphatic carbocycles. The molecule has 0 amide bonds. The number of aryl methyl sites for hydroxylation is 1. The molecule has 0 saturated heterocycles. The number of esters is 1. The van der Waals surface area contributed by atoms with Crippen molar-refractivity contribution >= 4 is 5.97 Å². The van der Waals surface area contributed by atoms with Crippen LogP contribution in [0.15, 0.2) is 24.3 Å². The van der Waals surface area contributed by atoms with Crippen molar-refractivity contribution in [3.8, 4) is 5.75 Å². The Hall–Kier alpha value is -1.55. The predicted octanol–water partition coefficient (Wildman–Crippen LogP) is 2.65. The number of hydrogen-bond donors (Lipinski definition) is 0. The summed E-state index contributed by atoms with van der Waals surface area (Å²) in [5.74, 6) is 0.725. The molecule has 0 atom stereocenters. The van der Waals surface area contributed by atoms with Crippen molar-refractivity contribution in [2.45, 2.75) is 26.7 Å². The second-order valence-corrected chi connectivity index (χ2v) is 4.93. The lowest BCUT2D eigenvalue weighted by Crippen LogP contribution is -2.31. The Morgan fingerprint density at radius 1 is 1.25 bits per heavy atom. The Morgan fingerprint density at radius 3 is 2.70 bits per heavy atom. The summed E-state index contributed by atoms with van der Waals surface area (Å²) in [6, 6.07) is 7.91. The smallest absolute Gasteiger partial charge is 0.320 e. The lowest BCUT2D eigenvalue weighted by molar-refractivity contribution is -0.144. The number of para-hydroxylation sites is 1. The number of nitrogens with zero attached hydrogens (tertiary/aromatic N) is 1. The molecule has 0 heterocycles. The monoisotopic (exact) mass is 279 g/mol. The van der Waals surface area contributed by atoms with Crippen LogP contribution < -0.4 is 4.74 Å². The van der Waals surface area contributed by atoms with Gasteiger partial charge < -0.3 is 9.47 Å². The summed E-state index contributed by atoms with van der Waals surface area (Å²) in [6.07, 6.45) is 1.96. The summed E-state index contributed by atoms with van der Waals surface area (Å²) in [4.78, 5) is 13.4. The van der Waals surface area contributed by atoms with Crippen molar-refractivity contribution < 1.29 is 14.3 Å². The predicted molar refractivity (Wildman–Crippen MR) is 80.0 cm³/mol. The third-order valence-corrected chi connectivity index (χ3v) is 2.98. The summed E-state index contributed by atoms with van der Waals surface area (Å²) < 4.78 is 10.8. The molecule has 0 saturated carbocycles. The van der Waals surface area contributed by atoms with E-state index in [-0.39, 0.29) is 5.97 Å². The van der Waals surface area contributed by atoms with Gasteiger partial charge in [-0.25, -0.2) is 0 Å². The van der Waals surface area contributed by atoms with Crippen LogP contribution in [0.5, 0.6) is 5.75 Å². The fraction of sp³-hybridized carbons (Fsp3) is 0.562. The number of rotatable bonds is 9. The highest BCUT2D eigenvalue weighted by atomic mass is 16.5. The fourth-order valence-corrected chi connectivity index (χ4v) is 1.71. The summed E-state index contributed by atoms with van der Waals surface area (Å²) in [7, 11) is 1.89. The summed E-state index contributed by atoms with van der Waals surface area (Å²) in [5, 5.41) is 0. The van der Waals surface area contributed by atoms with Crippen molar-refractivity contribution in [2.24, 2.45) is 0 Å². The molecule has 1 rings (SSSR count). The molecule has 0 N–H and O–H groups in total. The van der Waals surface area contributed by atoms with Gasteiger partial charge in [-0.15, -0.1) is 0 Å². The van der Waals surface area contributed by atoms with Crippen LogP contribution in [-0.2, 0) is 9.53 Å². The average molecular weight is 279 g/mol. The van der Waals surface area contributed by atoms with Crippen LogP contribution in [0.4, 0.5) is 0 Å². The van der Waals surface area contributed by atoms with Crippen molar-refractivity contribution in [2.75, 3.05) is 33.4 Å². The Bertz CT molecular complexity index is 406. The third-order valence-electron chi connectivity index (χ3n) is 2.98. The molecular formula is C16H25NO3. The number of carbonyl (C=O) groups excluding carboxylic acids is 1. The number of benzene rings is 1. The van der Waals surface area contributed by atoms with Crippen molar-refractivity contribution in [3.63, 3.8) is 0 Å². The van der Waals surface area contributed by atoms with Gasteiger partial charge in [-0.2, -0.15) is 0 Å². The van der Waals surface area contributed by atoms with Gasteiger partial charge in [0.05, 0.1) is 13.2 Å². The lowest BCUT2D eigenvalue weighted by atomic mass is 10.2. The molecule has 0 fully saturated rings. The molecular weight excluding hydrogens is 254 g/mol. The molecule has 0 radical (unpaired) electrons. The van der Waals surface area contributed by atoms with E-state index >= 15 is 0 Å². The third kappa shape index (κ3) is 6.57. The summed E-state index contributed by atoms with van der Waals surface area (Å²) in [6.45, 7) is 6.16. The molecule has 4 nitrogen and oxygen atoms in total. The minimum absolute atomic E-state index is 0.170. The molecule has 0 unspecified atom stereocenters. The van der Waals surface area contributed by atoms with Crippen LogP contribution in [-0.4, -0.2) is 44.2 Å². The minimum Gasteiger partial charge on any atom is -0.492 e. The Kier molecular flexibility index (Phi) is 7.73. The number of carbonyl (C=O) groups is 1. The molecule has 112 valence electrons. The Balaban J connectivity index is 2.18. The van der Waals surface area contributed by atoms with Gasteiger partial charge in [-0.1, -0.05) is 31.5 Å². The lowest BCUT2D eigenvalue weighted by Gasteiger charge is -2.16. The van der Waals surface area contributed by atoms with E-state index in [9.17, 15) is 4.79 Å². The van der Waals surface area contributed by atoms with E-state index < -0.39 is 0 Å². The number of hydrogen-bond acceptors (Lipinski definition) is 4. The first-order valence-corrected chi connectivity index (χ1v) is 7.16. The fourth-order valence-electron chi connectivity index (χ4n) is 1.71. The van der Waals surface area contributed by atoms with Crippen LogP contribution in [0, 0.1) is 6.92 Å². The van der Waals surface area contributed by atoms with Crippen molar-refractivity contribution in [1.82, 2.24) is 4.90 Å². The maximum absolute atomic E-state index is 11.5. The van der Waals surface area contributed by atoms with E-state index in [1.54, 1.807) is 0 Å². The van der Waals surface area contributed by atoms with Crippen LogP contribution >= 0.6 is 0 Å². The van der Waals surface area contributed by atoms with Gasteiger partial charge in [0.25, 0.3) is 0 Å². The van der Waals surface area contributed by atoms with E-state index in [0.717, 1.165) is 24.2 Å². The number of unbranched alkanes of at least 4 members (excludes halogenated alkanes) is 1. The van der Waals surface area contributed by atoms with Gasteiger partial charge in [-0.3, -0.25) is 9.69 Å². The molecule has 4 heteroatoms. The highest BCUT2D eigenvalue weighted by molar-refractivity contribution is 5.71. The first-order chi connectivity index (χ1) is 9.63. The molecule has 0 aliphatic heterocycles. The van der Waals surface area contributed by atoms with E-state index in [0.29, 0.717) is 26.3 Å². The zero-order valence-electron chi connectivity index (χ0n) is 12.7. The normalized spacial score (nSPS) is 10.6. The van der Waals surface area contributed by atoms with Gasteiger partial charge in [0.2, 0.25) is 0 Å². The average Bonchev–Trinajstić information content (AvgIpc) is 2.41. The number of likely N-dealkylation sites (N-methyl/N-ethyl adjacent to an activating group) is 1.